The van der Waals surface area contributed by atoms with E-state index < -0.39 is 23.8 Å². The van der Waals surface area contributed by atoms with Crippen molar-refractivity contribution in [3.8, 4) is 0 Å². The first-order valence-electron chi connectivity index (χ1n) is 12.1. The van der Waals surface area contributed by atoms with Crippen molar-refractivity contribution in [1.82, 2.24) is 15.5 Å². The highest BCUT2D eigenvalue weighted by atomic mass is 16.6. The van der Waals surface area contributed by atoms with Crippen molar-refractivity contribution >= 4 is 24.0 Å². The van der Waals surface area contributed by atoms with Crippen LogP contribution in [0.4, 0.5) is 4.79 Å². The van der Waals surface area contributed by atoms with Crippen molar-refractivity contribution in [3.63, 3.8) is 0 Å². The fourth-order valence-electron chi connectivity index (χ4n) is 3.94. The molecule has 7 heteroatoms. The van der Waals surface area contributed by atoms with Crippen LogP contribution in [0.15, 0.2) is 30.8 Å². The minimum absolute atomic E-state index is 0.0908. The Labute approximate surface area is 204 Å². The Morgan fingerprint density at radius 3 is 2.24 bits per heavy atom. The summed E-state index contributed by atoms with van der Waals surface area (Å²) in [6.07, 6.45) is 1.86. The fourth-order valence-corrected chi connectivity index (χ4v) is 3.94. The summed E-state index contributed by atoms with van der Waals surface area (Å²) in [4.78, 5) is 41.8. The van der Waals surface area contributed by atoms with Gasteiger partial charge in [0.1, 0.15) is 17.7 Å². The van der Waals surface area contributed by atoms with E-state index in [0.717, 1.165) is 12.0 Å². The number of carbonyl (C=O) groups is 3. The Morgan fingerprint density at radius 2 is 1.76 bits per heavy atom. The molecule has 4 atom stereocenters. The first kappa shape index (κ1) is 27.4. The smallest absolute Gasteiger partial charge is 0.408 e. The SMILES string of the molecule is C=Cc1cccc(C(C(=O)NC(C)C)N(C(=O)C(NC(=O)OC(C)(C)C)C(C)C)C2CC2C)c1. The molecule has 1 aromatic carbocycles. The van der Waals surface area contributed by atoms with E-state index in [-0.39, 0.29) is 35.7 Å². The van der Waals surface area contributed by atoms with Crippen molar-refractivity contribution < 1.29 is 19.1 Å². The molecule has 0 spiro atoms. The molecule has 2 N–H and O–H groups in total. The van der Waals surface area contributed by atoms with Gasteiger partial charge in [0.2, 0.25) is 11.8 Å². The highest BCUT2D eigenvalue weighted by Gasteiger charge is 2.48. The first-order valence-corrected chi connectivity index (χ1v) is 12.1. The van der Waals surface area contributed by atoms with Gasteiger partial charge in [-0.3, -0.25) is 9.59 Å². The van der Waals surface area contributed by atoms with Crippen LogP contribution in [0.5, 0.6) is 0 Å². The second-order valence-corrected chi connectivity index (χ2v) is 10.8. The Balaban J connectivity index is 2.50. The van der Waals surface area contributed by atoms with E-state index in [2.05, 4.69) is 24.1 Å². The average Bonchev–Trinajstić information content (AvgIpc) is 3.43. The molecular formula is C27H41N3O4. The maximum Gasteiger partial charge on any atom is 0.408 e. The molecule has 4 unspecified atom stereocenters. The predicted octanol–water partition coefficient (Wildman–Crippen LogP) is 4.68. The molecule has 34 heavy (non-hydrogen) atoms. The summed E-state index contributed by atoms with van der Waals surface area (Å²) in [7, 11) is 0. The largest absolute Gasteiger partial charge is 0.444 e. The molecule has 0 heterocycles. The summed E-state index contributed by atoms with van der Waals surface area (Å²) >= 11 is 0. The number of carbonyl (C=O) groups excluding carboxylic acids is 3. The van der Waals surface area contributed by atoms with E-state index in [1.807, 2.05) is 52.0 Å². The molecule has 0 radical (unpaired) electrons. The van der Waals surface area contributed by atoms with E-state index in [1.54, 1.807) is 31.7 Å². The Hall–Kier alpha value is -2.83. The van der Waals surface area contributed by atoms with Gasteiger partial charge < -0.3 is 20.3 Å². The van der Waals surface area contributed by atoms with Crippen LogP contribution in [0, 0.1) is 11.8 Å². The van der Waals surface area contributed by atoms with Crippen LogP contribution in [-0.4, -0.2) is 46.5 Å². The van der Waals surface area contributed by atoms with Gasteiger partial charge in [-0.25, -0.2) is 4.79 Å². The Bertz CT molecular complexity index is 903. The molecular weight excluding hydrogens is 430 g/mol. The number of hydrogen-bond acceptors (Lipinski definition) is 4. The lowest BCUT2D eigenvalue weighted by Crippen LogP contribution is -2.56. The number of amides is 3. The molecule has 3 amide bonds. The standard InChI is InChI=1S/C27H41N3O4/c1-10-19-12-11-13-20(15-19)23(24(31)28-17(4)5)30(21-14-18(21)6)25(32)22(16(2)3)29-26(33)34-27(7,8)9/h10-13,15-18,21-23H,1,14H2,2-9H3,(H,28,31)(H,29,33). The minimum atomic E-state index is -0.834. The molecule has 7 nitrogen and oxygen atoms in total. The summed E-state index contributed by atoms with van der Waals surface area (Å²) in [5, 5.41) is 5.74. The second kappa shape index (κ2) is 11.1. The van der Waals surface area contributed by atoms with Gasteiger partial charge in [0.05, 0.1) is 0 Å². The minimum Gasteiger partial charge on any atom is -0.444 e. The van der Waals surface area contributed by atoms with Gasteiger partial charge in [-0.1, -0.05) is 51.6 Å². The molecule has 0 bridgehead atoms. The lowest BCUT2D eigenvalue weighted by molar-refractivity contribution is -0.144. The molecule has 0 aromatic heterocycles. The summed E-state index contributed by atoms with van der Waals surface area (Å²) in [5.41, 5.74) is 0.885. The van der Waals surface area contributed by atoms with Gasteiger partial charge in [-0.15, -0.1) is 0 Å². The van der Waals surface area contributed by atoms with Gasteiger partial charge >= 0.3 is 6.09 Å². The quantitative estimate of drug-likeness (QED) is 0.547. The van der Waals surface area contributed by atoms with Gasteiger partial charge in [-0.05, 0) is 70.1 Å². The number of nitrogens with one attached hydrogen (secondary N) is 2. The number of hydrogen-bond donors (Lipinski definition) is 2. The third-order valence-electron chi connectivity index (χ3n) is 5.70. The van der Waals surface area contributed by atoms with E-state index in [9.17, 15) is 14.4 Å². The van der Waals surface area contributed by atoms with Crippen LogP contribution < -0.4 is 10.6 Å². The van der Waals surface area contributed by atoms with Gasteiger partial charge in [0, 0.05) is 12.1 Å². The van der Waals surface area contributed by atoms with Crippen molar-refractivity contribution in [2.75, 3.05) is 0 Å². The summed E-state index contributed by atoms with van der Waals surface area (Å²) in [5.74, 6) is -0.480. The number of ether oxygens (including phenoxy) is 1. The summed E-state index contributed by atoms with van der Waals surface area (Å²) in [6.45, 7) is 18.7. The average molecular weight is 472 g/mol. The second-order valence-electron chi connectivity index (χ2n) is 10.8. The molecule has 0 aliphatic heterocycles. The molecule has 2 rings (SSSR count). The highest BCUT2D eigenvalue weighted by molar-refractivity contribution is 5.93. The van der Waals surface area contributed by atoms with E-state index in [1.165, 1.54) is 0 Å². The maximum absolute atomic E-state index is 14.0. The normalized spacial score (nSPS) is 19.2. The number of benzene rings is 1. The van der Waals surface area contributed by atoms with Crippen LogP contribution in [0.2, 0.25) is 0 Å². The molecule has 0 saturated heterocycles. The van der Waals surface area contributed by atoms with Crippen LogP contribution in [-0.2, 0) is 14.3 Å². The zero-order valence-corrected chi connectivity index (χ0v) is 21.8. The zero-order valence-electron chi connectivity index (χ0n) is 21.8. The van der Waals surface area contributed by atoms with Crippen molar-refractivity contribution in [1.29, 1.82) is 0 Å². The summed E-state index contributed by atoms with van der Waals surface area (Å²) in [6, 6.07) is 5.66. The van der Waals surface area contributed by atoms with Crippen molar-refractivity contribution in [2.45, 2.75) is 91.6 Å². The number of rotatable bonds is 9. The predicted molar refractivity (Wildman–Crippen MR) is 135 cm³/mol. The van der Waals surface area contributed by atoms with Crippen molar-refractivity contribution in [2.24, 2.45) is 11.8 Å². The van der Waals surface area contributed by atoms with Crippen LogP contribution in [0.25, 0.3) is 6.08 Å². The molecule has 1 aliphatic rings. The third-order valence-corrected chi connectivity index (χ3v) is 5.70. The molecule has 188 valence electrons. The van der Waals surface area contributed by atoms with Crippen LogP contribution in [0.1, 0.15) is 79.0 Å². The Kier molecular flexibility index (Phi) is 8.92. The molecule has 1 saturated carbocycles. The molecule has 1 aliphatic carbocycles. The number of alkyl carbamates (subject to hydrolysis) is 1. The maximum atomic E-state index is 14.0. The topological polar surface area (TPSA) is 87.7 Å². The van der Waals surface area contributed by atoms with E-state index in [4.69, 9.17) is 4.74 Å². The first-order chi connectivity index (χ1) is 15.7. The fraction of sp³-hybridized carbons (Fsp3) is 0.593. The summed E-state index contributed by atoms with van der Waals surface area (Å²) < 4.78 is 5.41. The number of nitrogens with zero attached hydrogens (tertiary/aromatic N) is 1. The van der Waals surface area contributed by atoms with Gasteiger partial charge in [0.25, 0.3) is 0 Å². The lowest BCUT2D eigenvalue weighted by Gasteiger charge is -2.36. The van der Waals surface area contributed by atoms with E-state index >= 15 is 0 Å². The zero-order chi connectivity index (χ0) is 25.8. The van der Waals surface area contributed by atoms with Crippen LogP contribution >= 0.6 is 0 Å². The van der Waals surface area contributed by atoms with Crippen LogP contribution in [0.3, 0.4) is 0 Å². The van der Waals surface area contributed by atoms with Gasteiger partial charge in [-0.2, -0.15) is 0 Å². The van der Waals surface area contributed by atoms with E-state index in [0.29, 0.717) is 5.56 Å². The lowest BCUT2D eigenvalue weighted by atomic mass is 9.97. The third kappa shape index (κ3) is 7.34. The molecule has 1 aromatic rings. The monoisotopic (exact) mass is 471 g/mol. The highest BCUT2D eigenvalue weighted by Crippen LogP contribution is 2.41. The Morgan fingerprint density at radius 1 is 1.15 bits per heavy atom. The van der Waals surface area contributed by atoms with Crippen molar-refractivity contribution in [3.05, 3.63) is 42.0 Å². The molecule has 1 fully saturated rings. The van der Waals surface area contributed by atoms with Gasteiger partial charge in [0.15, 0.2) is 0 Å².